The van der Waals surface area contributed by atoms with Gasteiger partial charge in [0.2, 0.25) is 11.8 Å². The van der Waals surface area contributed by atoms with Gasteiger partial charge in [0.05, 0.1) is 17.1 Å². The summed E-state index contributed by atoms with van der Waals surface area (Å²) in [5, 5.41) is 31.9. The van der Waals surface area contributed by atoms with Crippen molar-refractivity contribution in [2.75, 3.05) is 36.0 Å². The van der Waals surface area contributed by atoms with Crippen molar-refractivity contribution in [1.29, 1.82) is 0 Å². The Kier molecular flexibility index (Phi) is 5.29. The average molecular weight is 365 g/mol. The minimum atomic E-state index is -0.542. The summed E-state index contributed by atoms with van der Waals surface area (Å²) in [4.78, 5) is 23.6. The number of aromatic nitrogens is 2. The molecule has 144 valence electrons. The maximum Gasteiger partial charge on any atom is 0.332 e. The van der Waals surface area contributed by atoms with Crippen LogP contribution < -0.4 is 9.80 Å². The standard InChI is InChI=1S/C17H27N5O4/c1-10-4-6-20(8-13(10)23)16-15(22(25)26)12(3)18-17(19-16)21-7-5-11(2)14(24)9-21/h10-11,13-14,23-24H,4-9H2,1-3H3. The average Bonchev–Trinajstić information content (AvgIpc) is 2.58. The molecule has 4 atom stereocenters. The molecule has 3 rings (SSSR count). The molecule has 0 radical (unpaired) electrons. The quantitative estimate of drug-likeness (QED) is 0.604. The van der Waals surface area contributed by atoms with Crippen LogP contribution in [0.5, 0.6) is 0 Å². The molecule has 2 aliphatic rings. The first-order valence-electron chi connectivity index (χ1n) is 9.17. The Labute approximate surface area is 152 Å². The Morgan fingerprint density at radius 2 is 1.58 bits per heavy atom. The minimum absolute atomic E-state index is 0.110. The number of aryl methyl sites for hydroxylation is 1. The number of hydrogen-bond acceptors (Lipinski definition) is 8. The lowest BCUT2D eigenvalue weighted by molar-refractivity contribution is -0.385. The zero-order valence-corrected chi connectivity index (χ0v) is 15.5. The van der Waals surface area contributed by atoms with Crippen LogP contribution >= 0.6 is 0 Å². The summed E-state index contributed by atoms with van der Waals surface area (Å²) < 4.78 is 0. The molecule has 0 bridgehead atoms. The molecule has 1 aromatic heterocycles. The second-order valence-corrected chi connectivity index (χ2v) is 7.60. The first kappa shape index (κ1) is 18.8. The van der Waals surface area contributed by atoms with Crippen molar-refractivity contribution in [3.63, 3.8) is 0 Å². The lowest BCUT2D eigenvalue weighted by Crippen LogP contribution is -2.45. The monoisotopic (exact) mass is 365 g/mol. The van der Waals surface area contributed by atoms with Crippen LogP contribution in [-0.2, 0) is 0 Å². The second-order valence-electron chi connectivity index (χ2n) is 7.60. The number of aliphatic hydroxyl groups excluding tert-OH is 2. The van der Waals surface area contributed by atoms with E-state index in [0.29, 0.717) is 37.8 Å². The summed E-state index contributed by atoms with van der Waals surface area (Å²) in [6.45, 7) is 7.63. The minimum Gasteiger partial charge on any atom is -0.391 e. The summed E-state index contributed by atoms with van der Waals surface area (Å²) in [7, 11) is 0. The van der Waals surface area contributed by atoms with Gasteiger partial charge in [-0.15, -0.1) is 0 Å². The summed E-state index contributed by atoms with van der Waals surface area (Å²) in [5.41, 5.74) is 0.192. The molecule has 26 heavy (non-hydrogen) atoms. The fourth-order valence-electron chi connectivity index (χ4n) is 3.58. The van der Waals surface area contributed by atoms with Crippen LogP contribution in [0.2, 0.25) is 0 Å². The molecule has 2 saturated heterocycles. The van der Waals surface area contributed by atoms with E-state index in [1.807, 2.05) is 18.7 Å². The fourth-order valence-corrected chi connectivity index (χ4v) is 3.58. The van der Waals surface area contributed by atoms with Gasteiger partial charge >= 0.3 is 5.69 Å². The molecule has 2 fully saturated rings. The fraction of sp³-hybridized carbons (Fsp3) is 0.765. The van der Waals surface area contributed by atoms with Gasteiger partial charge in [-0.25, -0.2) is 4.98 Å². The summed E-state index contributed by atoms with van der Waals surface area (Å²) in [6, 6.07) is 0. The number of aliphatic hydroxyl groups is 2. The van der Waals surface area contributed by atoms with Gasteiger partial charge in [0.1, 0.15) is 5.69 Å². The Balaban J connectivity index is 1.96. The Morgan fingerprint density at radius 1 is 1.04 bits per heavy atom. The van der Waals surface area contributed by atoms with Gasteiger partial charge in [-0.3, -0.25) is 10.1 Å². The van der Waals surface area contributed by atoms with Crippen LogP contribution in [0.25, 0.3) is 0 Å². The van der Waals surface area contributed by atoms with Crippen molar-refractivity contribution >= 4 is 17.5 Å². The van der Waals surface area contributed by atoms with E-state index in [-0.39, 0.29) is 23.3 Å². The molecule has 0 spiro atoms. The van der Waals surface area contributed by atoms with Crippen molar-refractivity contribution < 1.29 is 15.1 Å². The zero-order chi connectivity index (χ0) is 19.0. The smallest absolute Gasteiger partial charge is 0.332 e. The Morgan fingerprint density at radius 3 is 2.12 bits per heavy atom. The topological polar surface area (TPSA) is 116 Å². The predicted octanol–water partition coefficient (Wildman–Crippen LogP) is 1.11. The number of anilines is 2. The molecule has 0 saturated carbocycles. The molecule has 9 nitrogen and oxygen atoms in total. The molecule has 9 heteroatoms. The maximum atomic E-state index is 11.6. The third-order valence-corrected chi connectivity index (χ3v) is 5.63. The van der Waals surface area contributed by atoms with E-state index < -0.39 is 17.1 Å². The first-order chi connectivity index (χ1) is 12.3. The van der Waals surface area contributed by atoms with Crippen molar-refractivity contribution in [2.45, 2.75) is 45.8 Å². The van der Waals surface area contributed by atoms with Gasteiger partial charge in [-0.2, -0.15) is 4.98 Å². The van der Waals surface area contributed by atoms with Crippen LogP contribution in [0.3, 0.4) is 0 Å². The van der Waals surface area contributed by atoms with Gasteiger partial charge in [-0.05, 0) is 31.6 Å². The molecule has 0 amide bonds. The summed E-state index contributed by atoms with van der Waals surface area (Å²) >= 11 is 0. The van der Waals surface area contributed by atoms with Crippen molar-refractivity contribution in [3.8, 4) is 0 Å². The highest BCUT2D eigenvalue weighted by atomic mass is 16.6. The SMILES string of the molecule is Cc1nc(N2CCC(C)C(O)C2)nc(N2CCC(C)C(O)C2)c1[N+](=O)[O-]. The highest BCUT2D eigenvalue weighted by Crippen LogP contribution is 2.34. The number of β-amino-alcohol motifs (C(OH)–C–C–N with tert-alkyl or cyclic N) is 2. The number of hydrogen-bond donors (Lipinski definition) is 2. The Bertz CT molecular complexity index is 685. The third-order valence-electron chi connectivity index (χ3n) is 5.63. The van der Waals surface area contributed by atoms with E-state index in [9.17, 15) is 20.3 Å². The van der Waals surface area contributed by atoms with Gasteiger partial charge in [-0.1, -0.05) is 13.8 Å². The number of piperidine rings is 2. The van der Waals surface area contributed by atoms with Gasteiger partial charge in [0.25, 0.3) is 0 Å². The molecule has 3 heterocycles. The molecule has 0 aliphatic carbocycles. The maximum absolute atomic E-state index is 11.6. The van der Waals surface area contributed by atoms with Crippen LogP contribution in [-0.4, -0.2) is 63.5 Å². The largest absolute Gasteiger partial charge is 0.391 e. The molecule has 1 aromatic rings. The van der Waals surface area contributed by atoms with Gasteiger partial charge < -0.3 is 20.0 Å². The highest BCUT2D eigenvalue weighted by molar-refractivity contribution is 5.63. The summed E-state index contributed by atoms with van der Waals surface area (Å²) in [5.74, 6) is 1.04. The number of nitro groups is 1. The van der Waals surface area contributed by atoms with E-state index in [0.717, 1.165) is 12.8 Å². The van der Waals surface area contributed by atoms with Gasteiger partial charge in [0.15, 0.2) is 0 Å². The lowest BCUT2D eigenvalue weighted by atomic mass is 9.96. The Hall–Kier alpha value is -2.00. The normalized spacial score (nSPS) is 29.7. The van der Waals surface area contributed by atoms with Crippen LogP contribution in [0.4, 0.5) is 17.5 Å². The van der Waals surface area contributed by atoms with Crippen molar-refractivity contribution in [3.05, 3.63) is 15.8 Å². The molecule has 0 aromatic carbocycles. The first-order valence-corrected chi connectivity index (χ1v) is 9.17. The van der Waals surface area contributed by atoms with Crippen molar-refractivity contribution in [1.82, 2.24) is 9.97 Å². The highest BCUT2D eigenvalue weighted by Gasteiger charge is 2.34. The van der Waals surface area contributed by atoms with Crippen molar-refractivity contribution in [2.24, 2.45) is 11.8 Å². The molecule has 4 unspecified atom stereocenters. The van der Waals surface area contributed by atoms with Crippen LogP contribution in [0.15, 0.2) is 0 Å². The predicted molar refractivity (Wildman–Crippen MR) is 97.4 cm³/mol. The van der Waals surface area contributed by atoms with Crippen LogP contribution in [0, 0.1) is 28.9 Å². The molecular weight excluding hydrogens is 338 g/mol. The third kappa shape index (κ3) is 3.59. The van der Waals surface area contributed by atoms with E-state index in [4.69, 9.17) is 0 Å². The second kappa shape index (κ2) is 7.32. The lowest BCUT2D eigenvalue weighted by Gasteiger charge is -2.36. The van der Waals surface area contributed by atoms with Crippen LogP contribution in [0.1, 0.15) is 32.4 Å². The summed E-state index contributed by atoms with van der Waals surface area (Å²) in [6.07, 6.45) is 0.552. The number of nitrogens with zero attached hydrogens (tertiary/aromatic N) is 5. The van der Waals surface area contributed by atoms with E-state index in [1.54, 1.807) is 11.8 Å². The molecule has 2 N–H and O–H groups in total. The van der Waals surface area contributed by atoms with E-state index in [1.165, 1.54) is 0 Å². The van der Waals surface area contributed by atoms with E-state index in [2.05, 4.69) is 9.97 Å². The zero-order valence-electron chi connectivity index (χ0n) is 15.5. The molecule has 2 aliphatic heterocycles. The molecular formula is C17H27N5O4. The number of rotatable bonds is 3. The van der Waals surface area contributed by atoms with Gasteiger partial charge in [0, 0.05) is 26.2 Å². The van der Waals surface area contributed by atoms with E-state index >= 15 is 0 Å².